The Labute approximate surface area is 116 Å². The van der Waals surface area contributed by atoms with Gasteiger partial charge in [0.1, 0.15) is 0 Å². The van der Waals surface area contributed by atoms with Crippen LogP contribution in [0.5, 0.6) is 0 Å². The first-order valence-electron chi connectivity index (χ1n) is 5.64. The van der Waals surface area contributed by atoms with Gasteiger partial charge in [-0.3, -0.25) is 0 Å². The van der Waals surface area contributed by atoms with E-state index in [2.05, 4.69) is 9.97 Å². The zero-order valence-electron chi connectivity index (χ0n) is 10.0. The molecule has 0 aliphatic rings. The molecule has 1 aromatic carbocycles. The molecule has 0 bridgehead atoms. The van der Waals surface area contributed by atoms with Crippen molar-refractivity contribution in [3.8, 4) is 16.9 Å². The topological polar surface area (TPSA) is 30.7 Å². The molecule has 0 spiro atoms. The van der Waals surface area contributed by atoms with Gasteiger partial charge in [-0.2, -0.15) is 13.2 Å². The number of hydrogen-bond acceptors (Lipinski definition) is 3. The molecule has 2 heterocycles. The Morgan fingerprint density at radius 3 is 2.35 bits per heavy atom. The lowest BCUT2D eigenvalue weighted by molar-refractivity contribution is -0.140. The number of benzene rings is 1. The molecule has 0 aliphatic heterocycles. The lowest BCUT2D eigenvalue weighted by Gasteiger charge is -2.03. The zero-order chi connectivity index (χ0) is 14.2. The molecule has 0 radical (unpaired) electrons. The monoisotopic (exact) mass is 295 g/mol. The quantitative estimate of drug-likeness (QED) is 0.715. The van der Waals surface area contributed by atoms with Gasteiger partial charge in [-0.25, -0.2) is 9.97 Å². The number of nitrogens with zero attached hydrogens (tertiary/aromatic N) is 3. The maximum Gasteiger partial charge on any atom is 0.434 e. The van der Waals surface area contributed by atoms with Crippen molar-refractivity contribution < 1.29 is 13.2 Å². The maximum atomic E-state index is 12.5. The molecule has 7 heteroatoms. The first-order chi connectivity index (χ1) is 9.54. The number of alkyl halides is 3. The number of thiazole rings is 1. The second-order valence-corrected chi connectivity index (χ2v) is 4.80. The first-order valence-corrected chi connectivity index (χ1v) is 6.58. The third-order valence-corrected chi connectivity index (χ3v) is 3.35. The van der Waals surface area contributed by atoms with Crippen LogP contribution in [0.2, 0.25) is 0 Å². The van der Waals surface area contributed by atoms with Gasteiger partial charge in [0.2, 0.25) is 0 Å². The molecule has 3 nitrogen and oxygen atoms in total. The van der Waals surface area contributed by atoms with Crippen molar-refractivity contribution in [2.45, 2.75) is 6.18 Å². The summed E-state index contributed by atoms with van der Waals surface area (Å²) in [6.45, 7) is 0. The van der Waals surface area contributed by atoms with Gasteiger partial charge in [0.15, 0.2) is 5.69 Å². The van der Waals surface area contributed by atoms with Crippen LogP contribution >= 0.6 is 11.3 Å². The molecule has 20 heavy (non-hydrogen) atoms. The largest absolute Gasteiger partial charge is 0.434 e. The Balaban J connectivity index is 1.90. The fourth-order valence-electron chi connectivity index (χ4n) is 1.77. The fraction of sp³-hybridized carbons (Fsp3) is 0.0769. The summed E-state index contributed by atoms with van der Waals surface area (Å²) in [6.07, 6.45) is -2.30. The highest BCUT2D eigenvalue weighted by atomic mass is 32.1. The van der Waals surface area contributed by atoms with Crippen molar-refractivity contribution in [1.82, 2.24) is 14.5 Å². The lowest BCUT2D eigenvalue weighted by atomic mass is 10.1. The summed E-state index contributed by atoms with van der Waals surface area (Å²) in [4.78, 5) is 7.54. The van der Waals surface area contributed by atoms with Gasteiger partial charge in [-0.1, -0.05) is 12.1 Å². The van der Waals surface area contributed by atoms with E-state index in [4.69, 9.17) is 0 Å². The van der Waals surface area contributed by atoms with Crippen LogP contribution in [-0.4, -0.2) is 14.5 Å². The minimum Gasteiger partial charge on any atom is -0.306 e. The van der Waals surface area contributed by atoms with E-state index < -0.39 is 11.9 Å². The number of imidazole rings is 1. The van der Waals surface area contributed by atoms with Gasteiger partial charge in [-0.15, -0.1) is 11.3 Å². The van der Waals surface area contributed by atoms with Crippen LogP contribution in [0.1, 0.15) is 5.69 Å². The molecule has 3 aromatic rings. The van der Waals surface area contributed by atoms with Gasteiger partial charge >= 0.3 is 6.18 Å². The fourth-order valence-corrected chi connectivity index (χ4v) is 2.33. The van der Waals surface area contributed by atoms with E-state index >= 15 is 0 Å². The van der Waals surface area contributed by atoms with Crippen molar-refractivity contribution in [2.75, 3.05) is 0 Å². The average Bonchev–Trinajstić information content (AvgIpc) is 3.10. The summed E-state index contributed by atoms with van der Waals surface area (Å²) < 4.78 is 38.8. The molecule has 0 saturated carbocycles. The van der Waals surface area contributed by atoms with Crippen LogP contribution in [0.4, 0.5) is 13.2 Å². The van der Waals surface area contributed by atoms with Crippen molar-refractivity contribution in [2.24, 2.45) is 0 Å². The molecule has 3 rings (SSSR count). The molecular formula is C13H8F3N3S. The van der Waals surface area contributed by atoms with E-state index in [1.165, 1.54) is 15.9 Å². The molecule has 0 aliphatic carbocycles. The van der Waals surface area contributed by atoms with Gasteiger partial charge in [0.25, 0.3) is 0 Å². The van der Waals surface area contributed by atoms with E-state index in [0.29, 0.717) is 5.69 Å². The normalized spacial score (nSPS) is 11.8. The molecular weight excluding hydrogens is 287 g/mol. The number of halogens is 3. The molecule has 0 fully saturated rings. The minimum atomic E-state index is -4.42. The summed E-state index contributed by atoms with van der Waals surface area (Å²) in [6, 6.07) is 7.10. The standard InChI is InChI=1S/C13H8F3N3S/c14-13(15,16)12-5-19(7-17-12)10-3-1-9(2-4-10)11-6-20-8-18-11/h1-8H. The van der Waals surface area contributed by atoms with Crippen molar-refractivity contribution in [3.63, 3.8) is 0 Å². The van der Waals surface area contributed by atoms with Crippen molar-refractivity contribution in [3.05, 3.63) is 53.4 Å². The summed E-state index contributed by atoms with van der Waals surface area (Å²) in [5, 5.41) is 1.91. The third-order valence-electron chi connectivity index (χ3n) is 2.77. The first kappa shape index (κ1) is 12.9. The smallest absolute Gasteiger partial charge is 0.306 e. The Hall–Kier alpha value is -2.15. The summed E-state index contributed by atoms with van der Waals surface area (Å²) >= 11 is 1.49. The molecule has 2 aromatic heterocycles. The van der Waals surface area contributed by atoms with Gasteiger partial charge in [0, 0.05) is 22.8 Å². The summed E-state index contributed by atoms with van der Waals surface area (Å²) in [5.74, 6) is 0. The predicted molar refractivity (Wildman–Crippen MR) is 69.7 cm³/mol. The van der Waals surface area contributed by atoms with Crippen LogP contribution in [0.25, 0.3) is 16.9 Å². The highest BCUT2D eigenvalue weighted by Crippen LogP contribution is 2.28. The van der Waals surface area contributed by atoms with Crippen LogP contribution in [0.3, 0.4) is 0 Å². The van der Waals surface area contributed by atoms with Crippen LogP contribution in [0.15, 0.2) is 47.7 Å². The second-order valence-electron chi connectivity index (χ2n) is 4.08. The minimum absolute atomic E-state index is 0.618. The van der Waals surface area contributed by atoms with E-state index in [9.17, 15) is 13.2 Å². The van der Waals surface area contributed by atoms with Crippen molar-refractivity contribution >= 4 is 11.3 Å². The summed E-state index contributed by atoms with van der Waals surface area (Å²) in [7, 11) is 0. The highest BCUT2D eigenvalue weighted by molar-refractivity contribution is 7.07. The number of rotatable bonds is 2. The molecule has 0 atom stereocenters. The summed E-state index contributed by atoms with van der Waals surface area (Å²) in [5.41, 5.74) is 3.22. The van der Waals surface area contributed by atoms with Crippen LogP contribution in [0, 0.1) is 0 Å². The van der Waals surface area contributed by atoms with Gasteiger partial charge in [0.05, 0.1) is 17.5 Å². The average molecular weight is 295 g/mol. The van der Waals surface area contributed by atoms with E-state index in [1.807, 2.05) is 17.5 Å². The Bertz CT molecular complexity index is 699. The van der Waals surface area contributed by atoms with Gasteiger partial charge in [-0.05, 0) is 12.1 Å². The Morgan fingerprint density at radius 2 is 1.80 bits per heavy atom. The zero-order valence-corrected chi connectivity index (χ0v) is 10.8. The van der Waals surface area contributed by atoms with Crippen molar-refractivity contribution in [1.29, 1.82) is 0 Å². The lowest BCUT2D eigenvalue weighted by Crippen LogP contribution is -2.04. The molecule has 102 valence electrons. The van der Waals surface area contributed by atoms with E-state index in [-0.39, 0.29) is 0 Å². The molecule has 0 saturated heterocycles. The predicted octanol–water partition coefficient (Wildman–Crippen LogP) is 4.01. The molecule has 0 unspecified atom stereocenters. The van der Waals surface area contributed by atoms with E-state index in [1.54, 1.807) is 17.6 Å². The third kappa shape index (κ3) is 2.44. The van der Waals surface area contributed by atoms with E-state index in [0.717, 1.165) is 23.8 Å². The Morgan fingerprint density at radius 1 is 1.05 bits per heavy atom. The van der Waals surface area contributed by atoms with Gasteiger partial charge < -0.3 is 4.57 Å². The number of aromatic nitrogens is 3. The molecule has 0 N–H and O–H groups in total. The second kappa shape index (κ2) is 4.75. The highest BCUT2D eigenvalue weighted by Gasteiger charge is 2.33. The Kier molecular flexibility index (Phi) is 3.06. The SMILES string of the molecule is FC(F)(F)c1cn(-c2ccc(-c3cscn3)cc2)cn1. The van der Waals surface area contributed by atoms with Crippen LogP contribution < -0.4 is 0 Å². The van der Waals surface area contributed by atoms with Crippen LogP contribution in [-0.2, 0) is 6.18 Å². The maximum absolute atomic E-state index is 12.5. The number of hydrogen-bond donors (Lipinski definition) is 0. The molecule has 0 amide bonds.